The van der Waals surface area contributed by atoms with Gasteiger partial charge in [0, 0.05) is 23.7 Å². The van der Waals surface area contributed by atoms with Crippen molar-refractivity contribution in [3.05, 3.63) is 27.9 Å². The molecule has 2 aliphatic rings. The Labute approximate surface area is 181 Å². The van der Waals surface area contributed by atoms with Gasteiger partial charge in [-0.15, -0.1) is 0 Å². The highest BCUT2D eigenvalue weighted by atomic mass is 79.9. The Bertz CT molecular complexity index is 880. The molecule has 1 N–H and O–H groups in total. The molecule has 1 aliphatic carbocycles. The van der Waals surface area contributed by atoms with Crippen molar-refractivity contribution < 1.29 is 14.6 Å². The van der Waals surface area contributed by atoms with Crippen molar-refractivity contribution in [1.82, 2.24) is 9.47 Å². The fraction of sp³-hybridized carbons (Fsp3) is 0.609. The van der Waals surface area contributed by atoms with E-state index in [4.69, 9.17) is 4.74 Å². The fourth-order valence-electron chi connectivity index (χ4n) is 5.04. The van der Waals surface area contributed by atoms with Crippen molar-refractivity contribution in [3.8, 4) is 5.75 Å². The van der Waals surface area contributed by atoms with Gasteiger partial charge in [0.1, 0.15) is 5.75 Å². The summed E-state index contributed by atoms with van der Waals surface area (Å²) in [5.41, 5.74) is 2.72. The van der Waals surface area contributed by atoms with Crippen molar-refractivity contribution in [2.75, 3.05) is 19.7 Å². The molecule has 0 radical (unpaired) electrons. The lowest BCUT2D eigenvalue weighted by atomic mass is 9.95. The van der Waals surface area contributed by atoms with E-state index in [9.17, 15) is 9.90 Å². The Morgan fingerprint density at radius 2 is 1.83 bits per heavy atom. The number of benzene rings is 1. The van der Waals surface area contributed by atoms with Gasteiger partial charge in [0.05, 0.1) is 22.2 Å². The number of aromatic hydroxyl groups is 1. The second-order valence-electron chi connectivity index (χ2n) is 8.36. The second-order valence-corrected chi connectivity index (χ2v) is 9.22. The van der Waals surface area contributed by atoms with E-state index in [1.54, 1.807) is 6.07 Å². The van der Waals surface area contributed by atoms with Gasteiger partial charge in [-0.05, 0) is 73.8 Å². The molecule has 0 bridgehead atoms. The lowest BCUT2D eigenvalue weighted by Gasteiger charge is -2.31. The molecule has 1 saturated carbocycles. The first-order valence-electron chi connectivity index (χ1n) is 11.0. The van der Waals surface area contributed by atoms with E-state index in [2.05, 4.69) is 25.4 Å². The summed E-state index contributed by atoms with van der Waals surface area (Å²) in [6.07, 6.45) is 9.72. The van der Waals surface area contributed by atoms with E-state index in [0.717, 1.165) is 49.1 Å². The van der Waals surface area contributed by atoms with Gasteiger partial charge in [-0.3, -0.25) is 4.90 Å². The van der Waals surface area contributed by atoms with Gasteiger partial charge in [0.15, 0.2) is 0 Å². The van der Waals surface area contributed by atoms with E-state index < -0.39 is 0 Å². The summed E-state index contributed by atoms with van der Waals surface area (Å²) in [4.78, 5) is 15.5. The normalized spacial score (nSPS) is 19.0. The third kappa shape index (κ3) is 4.19. The van der Waals surface area contributed by atoms with Crippen LogP contribution in [0.3, 0.4) is 0 Å². The molecule has 0 amide bonds. The Kier molecular flexibility index (Phi) is 6.50. The average Bonchev–Trinajstić information content (AvgIpc) is 3.02. The maximum absolute atomic E-state index is 13.1. The number of hydrogen-bond acceptors (Lipinski definition) is 4. The van der Waals surface area contributed by atoms with E-state index in [-0.39, 0.29) is 11.7 Å². The number of aromatic nitrogens is 1. The molecule has 4 rings (SSSR count). The van der Waals surface area contributed by atoms with Crippen LogP contribution in [-0.2, 0) is 11.3 Å². The van der Waals surface area contributed by atoms with Gasteiger partial charge in [0.2, 0.25) is 0 Å². The largest absolute Gasteiger partial charge is 0.507 e. The van der Waals surface area contributed by atoms with Crippen molar-refractivity contribution in [2.45, 2.75) is 70.9 Å². The summed E-state index contributed by atoms with van der Waals surface area (Å²) in [6, 6.07) is 4.09. The van der Waals surface area contributed by atoms with E-state index >= 15 is 0 Å². The number of phenols is 1. The van der Waals surface area contributed by atoms with Crippen LogP contribution < -0.4 is 0 Å². The number of fused-ring (bicyclic) bond motifs is 1. The van der Waals surface area contributed by atoms with E-state index in [1.807, 2.05) is 13.0 Å². The van der Waals surface area contributed by atoms with Gasteiger partial charge in [-0.25, -0.2) is 4.79 Å². The summed E-state index contributed by atoms with van der Waals surface area (Å²) in [7, 11) is 0. The van der Waals surface area contributed by atoms with Gasteiger partial charge in [0.25, 0.3) is 0 Å². The predicted molar refractivity (Wildman–Crippen MR) is 119 cm³/mol. The zero-order chi connectivity index (χ0) is 20.4. The van der Waals surface area contributed by atoms with Crippen LogP contribution in [0.1, 0.15) is 80.4 Å². The maximum atomic E-state index is 13.1. The monoisotopic (exact) mass is 462 g/mol. The summed E-state index contributed by atoms with van der Waals surface area (Å²) in [6.45, 7) is 5.10. The van der Waals surface area contributed by atoms with Crippen molar-refractivity contribution in [1.29, 1.82) is 0 Å². The number of ether oxygens (including phenoxy) is 1. The standard InChI is InChI=1S/C23H31BrN2O3/c1-2-29-23(28)22-17-13-21(27)18(24)14-19(17)26(16-9-5-3-6-10-16)20(22)15-25-11-7-4-8-12-25/h13-14,16,27H,2-12,15H2,1H3. The van der Waals surface area contributed by atoms with E-state index in [0.29, 0.717) is 22.7 Å². The van der Waals surface area contributed by atoms with Crippen LogP contribution in [0.25, 0.3) is 10.9 Å². The molecule has 5 nitrogen and oxygen atoms in total. The Hall–Kier alpha value is -1.53. The molecule has 29 heavy (non-hydrogen) atoms. The lowest BCUT2D eigenvalue weighted by Crippen LogP contribution is -2.31. The summed E-state index contributed by atoms with van der Waals surface area (Å²) in [5.74, 6) is -0.117. The number of carbonyl (C=O) groups is 1. The highest BCUT2D eigenvalue weighted by molar-refractivity contribution is 9.10. The molecule has 1 aromatic carbocycles. The number of rotatable bonds is 5. The highest BCUT2D eigenvalue weighted by Crippen LogP contribution is 2.40. The third-order valence-corrected chi connectivity index (χ3v) is 7.05. The van der Waals surface area contributed by atoms with Crippen LogP contribution in [0.2, 0.25) is 0 Å². The van der Waals surface area contributed by atoms with Crippen LogP contribution >= 0.6 is 15.9 Å². The highest BCUT2D eigenvalue weighted by Gasteiger charge is 2.30. The number of nitrogens with zero attached hydrogens (tertiary/aromatic N) is 2. The van der Waals surface area contributed by atoms with Gasteiger partial charge in [-0.1, -0.05) is 25.7 Å². The molecule has 2 fully saturated rings. The Morgan fingerprint density at radius 1 is 1.14 bits per heavy atom. The molecule has 0 unspecified atom stereocenters. The molecule has 0 spiro atoms. The molecule has 6 heteroatoms. The van der Waals surface area contributed by atoms with Gasteiger partial charge >= 0.3 is 5.97 Å². The van der Waals surface area contributed by atoms with Gasteiger partial charge < -0.3 is 14.4 Å². The summed E-state index contributed by atoms with van der Waals surface area (Å²) >= 11 is 3.48. The number of carbonyl (C=O) groups excluding carboxylic acids is 1. The molecule has 1 aromatic heterocycles. The summed E-state index contributed by atoms with van der Waals surface area (Å²) in [5, 5.41) is 11.2. The zero-order valence-corrected chi connectivity index (χ0v) is 18.8. The minimum Gasteiger partial charge on any atom is -0.507 e. The first kappa shape index (κ1) is 20.7. The molecule has 2 heterocycles. The third-order valence-electron chi connectivity index (χ3n) is 6.41. The molecule has 158 valence electrons. The molecular formula is C23H31BrN2O3. The molecule has 2 aromatic rings. The van der Waals surface area contributed by atoms with Crippen molar-refractivity contribution in [2.24, 2.45) is 0 Å². The quantitative estimate of drug-likeness (QED) is 0.572. The maximum Gasteiger partial charge on any atom is 0.340 e. The SMILES string of the molecule is CCOC(=O)c1c(CN2CCCCC2)n(C2CCCCC2)c2cc(Br)c(O)cc12. The van der Waals surface area contributed by atoms with Crippen LogP contribution in [0.5, 0.6) is 5.75 Å². The van der Waals surface area contributed by atoms with E-state index in [1.165, 1.54) is 38.5 Å². The number of halogens is 1. The van der Waals surface area contributed by atoms with Crippen molar-refractivity contribution in [3.63, 3.8) is 0 Å². The number of piperidine rings is 1. The smallest absolute Gasteiger partial charge is 0.340 e. The predicted octanol–water partition coefficient (Wildman–Crippen LogP) is 5.78. The number of hydrogen-bond donors (Lipinski definition) is 1. The first-order chi connectivity index (χ1) is 14.1. The van der Waals surface area contributed by atoms with Crippen LogP contribution in [0.4, 0.5) is 0 Å². The fourth-order valence-corrected chi connectivity index (χ4v) is 5.38. The Morgan fingerprint density at radius 3 is 2.52 bits per heavy atom. The molecule has 1 saturated heterocycles. The minimum atomic E-state index is -0.277. The zero-order valence-electron chi connectivity index (χ0n) is 17.3. The van der Waals surface area contributed by atoms with Crippen LogP contribution in [-0.4, -0.2) is 40.2 Å². The van der Waals surface area contributed by atoms with Crippen molar-refractivity contribution >= 4 is 32.8 Å². The number of phenolic OH excluding ortho intramolecular Hbond substituents is 1. The molecular weight excluding hydrogens is 432 g/mol. The average molecular weight is 463 g/mol. The minimum absolute atomic E-state index is 0.161. The topological polar surface area (TPSA) is 54.7 Å². The lowest BCUT2D eigenvalue weighted by molar-refractivity contribution is 0.0525. The molecule has 1 aliphatic heterocycles. The van der Waals surface area contributed by atoms with Gasteiger partial charge in [-0.2, -0.15) is 0 Å². The Balaban J connectivity index is 1.90. The number of likely N-dealkylation sites (tertiary alicyclic amines) is 1. The summed E-state index contributed by atoms with van der Waals surface area (Å²) < 4.78 is 8.54. The second kappa shape index (κ2) is 9.09. The number of esters is 1. The van der Waals surface area contributed by atoms with Crippen LogP contribution in [0.15, 0.2) is 16.6 Å². The first-order valence-corrected chi connectivity index (χ1v) is 11.8. The molecule has 0 atom stereocenters. The van der Waals surface area contributed by atoms with Crippen LogP contribution in [0, 0.1) is 0 Å².